The van der Waals surface area contributed by atoms with Crippen LogP contribution in [0.2, 0.25) is 0 Å². The minimum absolute atomic E-state index is 0.110. The zero-order chi connectivity index (χ0) is 15.7. The summed E-state index contributed by atoms with van der Waals surface area (Å²) in [5.74, 6) is -0.679. The van der Waals surface area contributed by atoms with E-state index in [-0.39, 0.29) is 28.3 Å². The number of aliphatic hydroxyl groups excluding tert-OH is 1. The Hall–Kier alpha value is -1.22. The number of hydrogen-bond donors (Lipinski definition) is 4. The van der Waals surface area contributed by atoms with E-state index in [1.165, 1.54) is 20.8 Å². The van der Waals surface area contributed by atoms with Crippen LogP contribution in [0.25, 0.3) is 0 Å². The molecule has 0 heterocycles. The Bertz CT molecular complexity index is 614. The zero-order valence-electron chi connectivity index (χ0n) is 11.6. The molecular weight excluding hydrogens is 287 g/mol. The molecule has 0 spiro atoms. The Morgan fingerprint density at radius 1 is 1.45 bits per heavy atom. The second kappa shape index (κ2) is 5.65. The molecule has 114 valence electrons. The quantitative estimate of drug-likeness (QED) is 0.574. The van der Waals surface area contributed by atoms with Crippen LogP contribution in [0.15, 0.2) is 11.0 Å². The van der Waals surface area contributed by atoms with Crippen LogP contribution in [0.4, 0.5) is 10.1 Å². The molecule has 0 radical (unpaired) electrons. The lowest BCUT2D eigenvalue weighted by atomic mass is 10.1. The first-order valence-corrected chi connectivity index (χ1v) is 7.38. The number of nitrogens with two attached hydrogens (primary N) is 1. The van der Waals surface area contributed by atoms with Crippen molar-refractivity contribution in [1.82, 2.24) is 4.72 Å². The van der Waals surface area contributed by atoms with Crippen LogP contribution in [0.5, 0.6) is 0 Å². The van der Waals surface area contributed by atoms with Crippen LogP contribution in [0.1, 0.15) is 18.1 Å². The largest absolute Gasteiger partial charge is 0.396 e. The molecule has 0 aliphatic carbocycles. The Kier molecular flexibility index (Phi) is 4.75. The maximum absolute atomic E-state index is 13.4. The lowest BCUT2D eigenvalue weighted by molar-refractivity contribution is 0.00681. The highest BCUT2D eigenvalue weighted by molar-refractivity contribution is 7.89. The van der Waals surface area contributed by atoms with Gasteiger partial charge >= 0.3 is 0 Å². The van der Waals surface area contributed by atoms with Gasteiger partial charge in [0.2, 0.25) is 10.0 Å². The molecule has 6 nitrogen and oxygen atoms in total. The summed E-state index contributed by atoms with van der Waals surface area (Å²) in [6, 6.07) is 1.04. The molecule has 8 heteroatoms. The first-order chi connectivity index (χ1) is 9.02. The SMILES string of the molecule is Cc1cc(F)c(N)c(C)c1S(=O)(=O)NCC(C)(O)CO. The Morgan fingerprint density at radius 2 is 2.00 bits per heavy atom. The molecule has 20 heavy (non-hydrogen) atoms. The highest BCUT2D eigenvalue weighted by Crippen LogP contribution is 2.27. The van der Waals surface area contributed by atoms with Gasteiger partial charge in [0.25, 0.3) is 0 Å². The van der Waals surface area contributed by atoms with Gasteiger partial charge in [0.1, 0.15) is 5.82 Å². The predicted octanol–water partition coefficient (Wildman–Crippen LogP) is 0.0463. The Morgan fingerprint density at radius 3 is 2.50 bits per heavy atom. The number of aryl methyl sites for hydroxylation is 1. The van der Waals surface area contributed by atoms with Gasteiger partial charge in [-0.2, -0.15) is 0 Å². The predicted molar refractivity (Wildman–Crippen MR) is 73.2 cm³/mol. The highest BCUT2D eigenvalue weighted by atomic mass is 32.2. The monoisotopic (exact) mass is 306 g/mol. The van der Waals surface area contributed by atoms with E-state index in [4.69, 9.17) is 10.8 Å². The molecular formula is C12H19FN2O4S. The number of nitrogen functional groups attached to an aromatic ring is 1. The number of anilines is 1. The molecule has 1 aromatic rings. The molecule has 1 unspecified atom stereocenters. The van der Waals surface area contributed by atoms with Gasteiger partial charge in [0, 0.05) is 6.54 Å². The fourth-order valence-corrected chi connectivity index (χ4v) is 3.36. The molecule has 0 saturated heterocycles. The van der Waals surface area contributed by atoms with Crippen LogP contribution >= 0.6 is 0 Å². The molecule has 5 N–H and O–H groups in total. The number of nitrogens with one attached hydrogen (secondary N) is 1. The number of benzene rings is 1. The summed E-state index contributed by atoms with van der Waals surface area (Å²) in [4.78, 5) is -0.120. The average molecular weight is 306 g/mol. The number of aliphatic hydroxyl groups is 2. The lowest BCUT2D eigenvalue weighted by Gasteiger charge is -2.21. The molecule has 0 saturated carbocycles. The third kappa shape index (κ3) is 3.45. The smallest absolute Gasteiger partial charge is 0.241 e. The van der Waals surface area contributed by atoms with E-state index in [2.05, 4.69) is 4.72 Å². The van der Waals surface area contributed by atoms with E-state index < -0.39 is 28.0 Å². The van der Waals surface area contributed by atoms with Gasteiger partial charge in [-0.3, -0.25) is 0 Å². The molecule has 1 rings (SSSR count). The maximum atomic E-state index is 13.4. The molecule has 0 aliphatic rings. The van der Waals surface area contributed by atoms with E-state index >= 15 is 0 Å². The highest BCUT2D eigenvalue weighted by Gasteiger charge is 2.27. The molecule has 0 amide bonds. The van der Waals surface area contributed by atoms with E-state index in [0.717, 1.165) is 6.07 Å². The van der Waals surface area contributed by atoms with Gasteiger partial charge in [-0.25, -0.2) is 17.5 Å². The van der Waals surface area contributed by atoms with Crippen molar-refractivity contribution < 1.29 is 23.0 Å². The summed E-state index contributed by atoms with van der Waals surface area (Å²) in [5.41, 5.74) is 4.01. The fourth-order valence-electron chi connectivity index (χ4n) is 1.72. The van der Waals surface area contributed by atoms with Gasteiger partial charge in [-0.05, 0) is 38.0 Å². The van der Waals surface area contributed by atoms with E-state index in [1.807, 2.05) is 0 Å². The van der Waals surface area contributed by atoms with E-state index in [1.54, 1.807) is 0 Å². The van der Waals surface area contributed by atoms with Crippen molar-refractivity contribution in [2.24, 2.45) is 0 Å². The number of hydrogen-bond acceptors (Lipinski definition) is 5. The van der Waals surface area contributed by atoms with Crippen molar-refractivity contribution in [3.8, 4) is 0 Å². The Labute approximate surface area is 117 Å². The maximum Gasteiger partial charge on any atom is 0.241 e. The van der Waals surface area contributed by atoms with E-state index in [9.17, 15) is 17.9 Å². The van der Waals surface area contributed by atoms with Crippen molar-refractivity contribution in [2.75, 3.05) is 18.9 Å². The molecule has 0 fully saturated rings. The van der Waals surface area contributed by atoms with Crippen molar-refractivity contribution in [3.05, 3.63) is 23.0 Å². The average Bonchev–Trinajstić information content (AvgIpc) is 2.34. The number of rotatable bonds is 5. The zero-order valence-corrected chi connectivity index (χ0v) is 12.4. The molecule has 0 aromatic heterocycles. The van der Waals surface area contributed by atoms with Gasteiger partial charge in [-0.15, -0.1) is 0 Å². The van der Waals surface area contributed by atoms with Gasteiger partial charge in [0.05, 0.1) is 22.8 Å². The summed E-state index contributed by atoms with van der Waals surface area (Å²) in [6.45, 7) is 3.17. The molecule has 0 bridgehead atoms. The molecule has 1 aromatic carbocycles. The van der Waals surface area contributed by atoms with Crippen LogP contribution in [-0.2, 0) is 10.0 Å². The third-order valence-electron chi connectivity index (χ3n) is 2.96. The summed E-state index contributed by atoms with van der Waals surface area (Å²) in [7, 11) is -3.97. The van der Waals surface area contributed by atoms with E-state index in [0.29, 0.717) is 0 Å². The first kappa shape index (κ1) is 16.8. The lowest BCUT2D eigenvalue weighted by Crippen LogP contribution is -2.43. The second-order valence-corrected chi connectivity index (χ2v) is 6.73. The summed E-state index contributed by atoms with van der Waals surface area (Å²) >= 11 is 0. The van der Waals surface area contributed by atoms with Crippen LogP contribution in [0, 0.1) is 19.7 Å². The van der Waals surface area contributed by atoms with Gasteiger partial charge in [-0.1, -0.05) is 0 Å². The topological polar surface area (TPSA) is 113 Å². The van der Waals surface area contributed by atoms with Gasteiger partial charge in [0.15, 0.2) is 0 Å². The van der Waals surface area contributed by atoms with Crippen molar-refractivity contribution >= 4 is 15.7 Å². The number of sulfonamides is 1. The second-order valence-electron chi connectivity index (χ2n) is 5.02. The van der Waals surface area contributed by atoms with Crippen LogP contribution < -0.4 is 10.5 Å². The molecule has 1 atom stereocenters. The Balaban J connectivity index is 3.21. The minimum atomic E-state index is -3.97. The number of halogens is 1. The summed E-state index contributed by atoms with van der Waals surface area (Å²) < 4.78 is 40.0. The first-order valence-electron chi connectivity index (χ1n) is 5.90. The minimum Gasteiger partial charge on any atom is -0.396 e. The van der Waals surface area contributed by atoms with Crippen LogP contribution in [-0.4, -0.2) is 37.4 Å². The normalized spacial score (nSPS) is 15.1. The third-order valence-corrected chi connectivity index (χ3v) is 4.65. The summed E-state index contributed by atoms with van der Waals surface area (Å²) in [6.07, 6.45) is 0. The fraction of sp³-hybridized carbons (Fsp3) is 0.500. The molecule has 0 aliphatic heterocycles. The van der Waals surface area contributed by atoms with Crippen molar-refractivity contribution in [3.63, 3.8) is 0 Å². The van der Waals surface area contributed by atoms with Crippen molar-refractivity contribution in [1.29, 1.82) is 0 Å². The standard InChI is InChI=1S/C12H19FN2O4S/c1-7-4-9(13)10(14)8(2)11(7)20(18,19)15-5-12(3,17)6-16/h4,15-17H,5-6,14H2,1-3H3. The van der Waals surface area contributed by atoms with Crippen LogP contribution in [0.3, 0.4) is 0 Å². The van der Waals surface area contributed by atoms with Gasteiger partial charge < -0.3 is 15.9 Å². The summed E-state index contributed by atoms with van der Waals surface area (Å²) in [5, 5.41) is 18.5. The van der Waals surface area contributed by atoms with Crippen molar-refractivity contribution in [2.45, 2.75) is 31.3 Å².